The Bertz CT molecular complexity index is 936. The van der Waals surface area contributed by atoms with Crippen molar-refractivity contribution in [1.82, 2.24) is 14.8 Å². The molecule has 1 spiro atoms. The second-order valence-corrected chi connectivity index (χ2v) is 10.8. The number of aromatic nitrogens is 1. The molecule has 33 heavy (non-hydrogen) atoms. The summed E-state index contributed by atoms with van der Waals surface area (Å²) < 4.78 is 6.31. The van der Waals surface area contributed by atoms with Gasteiger partial charge in [0.1, 0.15) is 0 Å². The molecule has 1 aromatic carbocycles. The van der Waals surface area contributed by atoms with E-state index >= 15 is 0 Å². The number of ether oxygens (including phenoxy) is 1. The van der Waals surface area contributed by atoms with Crippen LogP contribution in [-0.4, -0.2) is 53.0 Å². The van der Waals surface area contributed by atoms with Crippen LogP contribution in [0.3, 0.4) is 0 Å². The van der Waals surface area contributed by atoms with Crippen LogP contribution in [0.25, 0.3) is 0 Å². The number of pyridine rings is 1. The SMILES string of the molecule is CC(C)CO[C@@H]1CN(Cc2ccc(Cl)cc2)C(=O)[C@]2(CCCN(Cc3ccc(Cl)cn3)C2)C1. The van der Waals surface area contributed by atoms with Crippen molar-refractivity contribution in [1.29, 1.82) is 0 Å². The molecule has 5 nitrogen and oxygen atoms in total. The summed E-state index contributed by atoms with van der Waals surface area (Å²) >= 11 is 12.1. The summed E-state index contributed by atoms with van der Waals surface area (Å²) in [4.78, 5) is 22.7. The van der Waals surface area contributed by atoms with Gasteiger partial charge in [-0.1, -0.05) is 49.2 Å². The Balaban J connectivity index is 1.53. The molecule has 0 N–H and O–H groups in total. The standard InChI is InChI=1S/C26H33Cl2N3O2/c1-19(2)17-33-24-12-26(25(32)31(16-24)14-20-4-6-21(27)7-5-20)10-3-11-30(18-26)15-23-9-8-22(28)13-29-23/h4-9,13,19,24H,3,10-12,14-18H2,1-2H3/t24-,26+/m0/s1. The minimum atomic E-state index is -0.420. The first kappa shape index (κ1) is 24.5. The van der Waals surface area contributed by atoms with Crippen molar-refractivity contribution < 1.29 is 9.53 Å². The van der Waals surface area contributed by atoms with Crippen LogP contribution in [0.4, 0.5) is 0 Å². The van der Waals surface area contributed by atoms with Crippen LogP contribution < -0.4 is 0 Å². The van der Waals surface area contributed by atoms with Crippen molar-refractivity contribution in [3.63, 3.8) is 0 Å². The molecule has 0 saturated carbocycles. The normalized spacial score (nSPS) is 24.1. The van der Waals surface area contributed by atoms with Crippen LogP contribution in [0.1, 0.15) is 44.4 Å². The summed E-state index contributed by atoms with van der Waals surface area (Å²) in [5.41, 5.74) is 1.65. The van der Waals surface area contributed by atoms with Crippen molar-refractivity contribution in [2.45, 2.75) is 52.3 Å². The fourth-order valence-electron chi connectivity index (χ4n) is 5.07. The average molecular weight is 490 g/mol. The molecule has 2 atom stereocenters. The number of nitrogens with zero attached hydrogens (tertiary/aromatic N) is 3. The summed E-state index contributed by atoms with van der Waals surface area (Å²) in [6.45, 7) is 8.67. The van der Waals surface area contributed by atoms with Crippen LogP contribution >= 0.6 is 23.2 Å². The highest BCUT2D eigenvalue weighted by molar-refractivity contribution is 6.30. The lowest BCUT2D eigenvalue weighted by Crippen LogP contribution is -2.59. The van der Waals surface area contributed by atoms with E-state index in [0.717, 1.165) is 50.2 Å². The van der Waals surface area contributed by atoms with Crippen molar-refractivity contribution in [2.75, 3.05) is 26.2 Å². The minimum Gasteiger partial charge on any atom is -0.376 e. The highest BCUT2D eigenvalue weighted by atomic mass is 35.5. The van der Waals surface area contributed by atoms with E-state index in [4.69, 9.17) is 27.9 Å². The third-order valence-electron chi connectivity index (χ3n) is 6.57. The first-order valence-electron chi connectivity index (χ1n) is 11.8. The number of hydrogen-bond acceptors (Lipinski definition) is 4. The summed E-state index contributed by atoms with van der Waals surface area (Å²) in [6, 6.07) is 11.6. The van der Waals surface area contributed by atoms with Gasteiger partial charge in [-0.2, -0.15) is 0 Å². The van der Waals surface area contributed by atoms with Gasteiger partial charge in [-0.05, 0) is 61.6 Å². The number of carbonyl (C=O) groups is 1. The van der Waals surface area contributed by atoms with Crippen LogP contribution in [-0.2, 0) is 22.6 Å². The number of likely N-dealkylation sites (tertiary alicyclic amines) is 2. The lowest BCUT2D eigenvalue weighted by atomic mass is 9.72. The van der Waals surface area contributed by atoms with Crippen molar-refractivity contribution in [3.05, 3.63) is 63.9 Å². The fraction of sp³-hybridized carbons (Fsp3) is 0.538. The van der Waals surface area contributed by atoms with Gasteiger partial charge in [0.05, 0.1) is 22.2 Å². The zero-order chi connectivity index (χ0) is 23.4. The summed E-state index contributed by atoms with van der Waals surface area (Å²) in [5.74, 6) is 0.706. The Hall–Kier alpha value is -1.66. The zero-order valence-electron chi connectivity index (χ0n) is 19.5. The maximum absolute atomic E-state index is 13.9. The molecule has 3 heterocycles. The Labute approximate surface area is 207 Å². The molecule has 2 saturated heterocycles. The number of amides is 1. The lowest BCUT2D eigenvalue weighted by molar-refractivity contribution is -0.162. The van der Waals surface area contributed by atoms with Crippen LogP contribution in [0.2, 0.25) is 10.0 Å². The van der Waals surface area contributed by atoms with Gasteiger partial charge < -0.3 is 9.64 Å². The maximum atomic E-state index is 13.9. The quantitative estimate of drug-likeness (QED) is 0.518. The smallest absolute Gasteiger partial charge is 0.230 e. The van der Waals surface area contributed by atoms with Gasteiger partial charge in [0.25, 0.3) is 0 Å². The molecular formula is C26H33Cl2N3O2. The second kappa shape index (κ2) is 10.7. The van der Waals surface area contributed by atoms with Crippen LogP contribution in [0.15, 0.2) is 42.6 Å². The second-order valence-electron chi connectivity index (χ2n) is 9.93. The van der Waals surface area contributed by atoms with Crippen molar-refractivity contribution in [3.8, 4) is 0 Å². The van der Waals surface area contributed by atoms with E-state index in [-0.39, 0.29) is 12.0 Å². The Morgan fingerprint density at radius 1 is 1.12 bits per heavy atom. The molecule has 1 amide bonds. The molecule has 7 heteroatoms. The molecule has 0 radical (unpaired) electrons. The Morgan fingerprint density at radius 2 is 1.88 bits per heavy atom. The number of rotatable bonds is 7. The third-order valence-corrected chi connectivity index (χ3v) is 7.04. The molecule has 178 valence electrons. The van der Waals surface area contributed by atoms with Gasteiger partial charge in [-0.25, -0.2) is 0 Å². The lowest BCUT2D eigenvalue weighted by Gasteiger charge is -2.49. The first-order chi connectivity index (χ1) is 15.8. The van der Waals surface area contributed by atoms with E-state index < -0.39 is 5.41 Å². The summed E-state index contributed by atoms with van der Waals surface area (Å²) in [7, 11) is 0. The van der Waals surface area contributed by atoms with E-state index in [0.29, 0.717) is 35.7 Å². The van der Waals surface area contributed by atoms with E-state index in [1.165, 1.54) is 0 Å². The molecule has 1 aromatic heterocycles. The average Bonchev–Trinajstić information content (AvgIpc) is 2.79. The number of piperidine rings is 2. The van der Waals surface area contributed by atoms with Crippen LogP contribution in [0, 0.1) is 11.3 Å². The molecule has 2 aromatic rings. The highest BCUT2D eigenvalue weighted by Gasteiger charge is 2.49. The molecule has 0 unspecified atom stereocenters. The molecule has 0 bridgehead atoms. The third kappa shape index (κ3) is 6.27. The highest BCUT2D eigenvalue weighted by Crippen LogP contribution is 2.41. The van der Waals surface area contributed by atoms with Crippen LogP contribution in [0.5, 0.6) is 0 Å². The van der Waals surface area contributed by atoms with Gasteiger partial charge >= 0.3 is 0 Å². The van der Waals surface area contributed by atoms with Gasteiger partial charge in [-0.3, -0.25) is 14.7 Å². The number of carbonyl (C=O) groups excluding carboxylic acids is 1. The van der Waals surface area contributed by atoms with E-state index in [1.54, 1.807) is 6.20 Å². The minimum absolute atomic E-state index is 0.0472. The number of hydrogen-bond donors (Lipinski definition) is 0. The molecule has 2 aliphatic rings. The molecule has 0 aliphatic carbocycles. The van der Waals surface area contributed by atoms with Crippen molar-refractivity contribution >= 4 is 29.1 Å². The molecule has 2 fully saturated rings. The van der Waals surface area contributed by atoms with E-state index in [9.17, 15) is 4.79 Å². The first-order valence-corrected chi connectivity index (χ1v) is 12.6. The predicted molar refractivity (Wildman–Crippen MR) is 132 cm³/mol. The Kier molecular flexibility index (Phi) is 7.95. The van der Waals surface area contributed by atoms with Gasteiger partial charge in [0.2, 0.25) is 5.91 Å². The Morgan fingerprint density at radius 3 is 2.58 bits per heavy atom. The zero-order valence-corrected chi connectivity index (χ0v) is 21.0. The molecule has 2 aliphatic heterocycles. The van der Waals surface area contributed by atoms with Crippen molar-refractivity contribution in [2.24, 2.45) is 11.3 Å². The summed E-state index contributed by atoms with van der Waals surface area (Å²) in [6.07, 6.45) is 4.40. The summed E-state index contributed by atoms with van der Waals surface area (Å²) in [5, 5.41) is 1.34. The number of benzene rings is 1. The predicted octanol–water partition coefficient (Wildman–Crippen LogP) is 5.44. The molecular weight excluding hydrogens is 457 g/mol. The molecule has 4 rings (SSSR count). The monoisotopic (exact) mass is 489 g/mol. The van der Waals surface area contributed by atoms with Gasteiger partial charge in [-0.15, -0.1) is 0 Å². The van der Waals surface area contributed by atoms with Gasteiger partial charge in [0, 0.05) is 44.0 Å². The van der Waals surface area contributed by atoms with Gasteiger partial charge in [0.15, 0.2) is 0 Å². The topological polar surface area (TPSA) is 45.7 Å². The van der Waals surface area contributed by atoms with E-state index in [1.807, 2.05) is 41.3 Å². The fourth-order valence-corrected chi connectivity index (χ4v) is 5.31. The number of halogens is 2. The maximum Gasteiger partial charge on any atom is 0.230 e. The largest absolute Gasteiger partial charge is 0.376 e. The van der Waals surface area contributed by atoms with E-state index in [2.05, 4.69) is 23.7 Å².